The molecule has 0 N–H and O–H groups in total. The molecular weight excluding hydrogens is 473 g/mol. The average molecular weight is 494 g/mol. The molecule has 0 spiro atoms. The number of amides is 1. The van der Waals surface area contributed by atoms with Crippen LogP contribution < -0.4 is 4.80 Å². The summed E-state index contributed by atoms with van der Waals surface area (Å²) in [5.41, 5.74) is 0.396. The SMILES string of the molecule is C=CCn1c(=NC(=O)C2CCN(S(=O)(=O)c3ccc(Cl)cc3)CC2)sc2cccc(F)c21. The van der Waals surface area contributed by atoms with Gasteiger partial charge in [-0.3, -0.25) is 4.79 Å². The second-order valence-electron chi connectivity index (χ2n) is 7.45. The molecule has 32 heavy (non-hydrogen) atoms. The molecule has 1 saturated heterocycles. The fourth-order valence-corrected chi connectivity index (χ4v) is 6.41. The number of rotatable bonds is 5. The Morgan fingerprint density at radius 2 is 1.91 bits per heavy atom. The Hall–Kier alpha value is -2.33. The number of thiazole rings is 1. The molecular formula is C22H21ClFN3O3S2. The number of carbonyl (C=O) groups is 1. The van der Waals surface area contributed by atoms with Crippen LogP contribution in [0, 0.1) is 11.7 Å². The molecule has 4 rings (SSSR count). The van der Waals surface area contributed by atoms with Gasteiger partial charge in [-0.15, -0.1) is 6.58 Å². The molecule has 1 aliphatic heterocycles. The first-order chi connectivity index (χ1) is 15.3. The zero-order valence-electron chi connectivity index (χ0n) is 17.1. The van der Waals surface area contributed by atoms with Crippen LogP contribution in [-0.2, 0) is 21.4 Å². The molecule has 1 fully saturated rings. The van der Waals surface area contributed by atoms with E-state index in [4.69, 9.17) is 11.6 Å². The van der Waals surface area contributed by atoms with Crippen molar-refractivity contribution >= 4 is 49.1 Å². The van der Waals surface area contributed by atoms with Gasteiger partial charge in [0.2, 0.25) is 10.0 Å². The molecule has 3 aromatic rings. The summed E-state index contributed by atoms with van der Waals surface area (Å²) in [6.45, 7) is 4.49. The van der Waals surface area contributed by atoms with Crippen LogP contribution in [0.1, 0.15) is 12.8 Å². The lowest BCUT2D eigenvalue weighted by Crippen LogP contribution is -2.40. The van der Waals surface area contributed by atoms with E-state index in [2.05, 4.69) is 11.6 Å². The van der Waals surface area contributed by atoms with Crippen LogP contribution in [0.25, 0.3) is 10.2 Å². The van der Waals surface area contributed by atoms with Crippen LogP contribution in [0.15, 0.2) is 65.0 Å². The second-order valence-corrected chi connectivity index (χ2v) is 10.8. The Balaban J connectivity index is 1.54. The highest BCUT2D eigenvalue weighted by Crippen LogP contribution is 2.26. The predicted octanol–water partition coefficient (Wildman–Crippen LogP) is 4.21. The first-order valence-corrected chi connectivity index (χ1v) is 12.7. The maximum Gasteiger partial charge on any atom is 0.251 e. The normalized spacial score (nSPS) is 16.5. The third-order valence-electron chi connectivity index (χ3n) is 5.42. The quantitative estimate of drug-likeness (QED) is 0.500. The lowest BCUT2D eigenvalue weighted by atomic mass is 9.98. The number of para-hydroxylation sites is 1. The molecule has 1 aromatic heterocycles. The summed E-state index contributed by atoms with van der Waals surface area (Å²) >= 11 is 7.09. The number of hydrogen-bond donors (Lipinski definition) is 0. The van der Waals surface area contributed by atoms with Crippen molar-refractivity contribution in [3.63, 3.8) is 0 Å². The fourth-order valence-electron chi connectivity index (χ4n) is 3.75. The van der Waals surface area contributed by atoms with Crippen molar-refractivity contribution in [2.45, 2.75) is 24.3 Å². The smallest absolute Gasteiger partial charge is 0.251 e. The molecule has 2 heterocycles. The molecule has 168 valence electrons. The van der Waals surface area contributed by atoms with Crippen molar-refractivity contribution in [3.05, 3.63) is 70.8 Å². The van der Waals surface area contributed by atoms with Gasteiger partial charge in [-0.05, 0) is 49.2 Å². The van der Waals surface area contributed by atoms with Crippen molar-refractivity contribution in [1.29, 1.82) is 0 Å². The third-order valence-corrected chi connectivity index (χ3v) is 8.63. The first-order valence-electron chi connectivity index (χ1n) is 10.0. The van der Waals surface area contributed by atoms with E-state index in [-0.39, 0.29) is 35.6 Å². The number of halogens is 2. The Kier molecular flexibility index (Phi) is 6.62. The number of benzene rings is 2. The van der Waals surface area contributed by atoms with Crippen LogP contribution in [-0.4, -0.2) is 36.3 Å². The van der Waals surface area contributed by atoms with Crippen molar-refractivity contribution in [1.82, 2.24) is 8.87 Å². The van der Waals surface area contributed by atoms with Crippen molar-refractivity contribution in [2.24, 2.45) is 10.9 Å². The zero-order chi connectivity index (χ0) is 22.9. The van der Waals surface area contributed by atoms with E-state index in [0.29, 0.717) is 39.4 Å². The van der Waals surface area contributed by atoms with Crippen LogP contribution in [0.3, 0.4) is 0 Å². The molecule has 0 unspecified atom stereocenters. The lowest BCUT2D eigenvalue weighted by Gasteiger charge is -2.29. The summed E-state index contributed by atoms with van der Waals surface area (Å²) in [6.07, 6.45) is 2.37. The fraction of sp³-hybridized carbons (Fsp3) is 0.273. The highest BCUT2D eigenvalue weighted by Gasteiger charge is 2.32. The number of allylic oxidation sites excluding steroid dienone is 1. The summed E-state index contributed by atoms with van der Waals surface area (Å²) in [6, 6.07) is 10.8. The van der Waals surface area contributed by atoms with E-state index in [9.17, 15) is 17.6 Å². The number of aromatic nitrogens is 1. The highest BCUT2D eigenvalue weighted by atomic mass is 35.5. The Morgan fingerprint density at radius 1 is 1.22 bits per heavy atom. The van der Waals surface area contributed by atoms with Gasteiger partial charge < -0.3 is 4.57 Å². The van der Waals surface area contributed by atoms with Gasteiger partial charge in [0.05, 0.1) is 15.1 Å². The maximum absolute atomic E-state index is 14.3. The molecule has 6 nitrogen and oxygen atoms in total. The van der Waals surface area contributed by atoms with Gasteiger partial charge in [0, 0.05) is 30.6 Å². The molecule has 0 atom stereocenters. The molecule has 1 aliphatic rings. The summed E-state index contributed by atoms with van der Waals surface area (Å²) in [7, 11) is -3.64. The molecule has 1 amide bonds. The van der Waals surface area contributed by atoms with E-state index in [1.165, 1.54) is 46.0 Å². The lowest BCUT2D eigenvalue weighted by molar-refractivity contribution is -0.122. The number of nitrogens with zero attached hydrogens (tertiary/aromatic N) is 3. The Labute approximate surface area is 194 Å². The number of sulfonamides is 1. The van der Waals surface area contributed by atoms with Gasteiger partial charge >= 0.3 is 0 Å². The minimum absolute atomic E-state index is 0.175. The monoisotopic (exact) mass is 493 g/mol. The van der Waals surface area contributed by atoms with E-state index < -0.39 is 10.0 Å². The number of carbonyl (C=O) groups excluding carboxylic acids is 1. The molecule has 0 radical (unpaired) electrons. The largest absolute Gasteiger partial charge is 0.310 e. The minimum Gasteiger partial charge on any atom is -0.310 e. The van der Waals surface area contributed by atoms with E-state index in [0.717, 1.165) is 0 Å². The average Bonchev–Trinajstić information content (AvgIpc) is 3.12. The number of fused-ring (bicyclic) bond motifs is 1. The van der Waals surface area contributed by atoms with Gasteiger partial charge in [0.25, 0.3) is 5.91 Å². The van der Waals surface area contributed by atoms with Gasteiger partial charge in [0.1, 0.15) is 5.82 Å². The van der Waals surface area contributed by atoms with Crippen LogP contribution >= 0.6 is 22.9 Å². The summed E-state index contributed by atoms with van der Waals surface area (Å²) < 4.78 is 43.7. The Bertz CT molecular complexity index is 1340. The highest BCUT2D eigenvalue weighted by molar-refractivity contribution is 7.89. The summed E-state index contributed by atoms with van der Waals surface area (Å²) in [5, 5.41) is 0.463. The van der Waals surface area contributed by atoms with Crippen LogP contribution in [0.4, 0.5) is 4.39 Å². The van der Waals surface area contributed by atoms with Crippen molar-refractivity contribution in [3.8, 4) is 0 Å². The molecule has 0 saturated carbocycles. The molecule has 0 aliphatic carbocycles. The number of hydrogen-bond acceptors (Lipinski definition) is 4. The first kappa shape index (κ1) is 22.8. The van der Waals surface area contributed by atoms with Gasteiger partial charge in [-0.2, -0.15) is 9.30 Å². The van der Waals surface area contributed by atoms with E-state index in [1.54, 1.807) is 22.8 Å². The zero-order valence-corrected chi connectivity index (χ0v) is 19.5. The van der Waals surface area contributed by atoms with Crippen molar-refractivity contribution in [2.75, 3.05) is 13.1 Å². The standard InChI is InChI=1S/C22H21ClFN3O3S2/c1-2-12-27-20-18(24)4-3-5-19(20)31-22(27)25-21(28)15-10-13-26(14-11-15)32(29,30)17-8-6-16(23)7-9-17/h2-9,15H,1,10-14H2. The van der Waals surface area contributed by atoms with Gasteiger partial charge in [0.15, 0.2) is 4.80 Å². The second kappa shape index (κ2) is 9.27. The third kappa shape index (κ3) is 4.43. The number of piperidine rings is 1. The van der Waals surface area contributed by atoms with Crippen molar-refractivity contribution < 1.29 is 17.6 Å². The maximum atomic E-state index is 14.3. The van der Waals surface area contributed by atoms with Crippen LogP contribution in [0.2, 0.25) is 5.02 Å². The summed E-state index contributed by atoms with van der Waals surface area (Å²) in [5.74, 6) is -1.09. The van der Waals surface area contributed by atoms with Crippen LogP contribution in [0.5, 0.6) is 0 Å². The Morgan fingerprint density at radius 3 is 2.56 bits per heavy atom. The molecule has 0 bridgehead atoms. The molecule has 10 heteroatoms. The molecule has 2 aromatic carbocycles. The van der Waals surface area contributed by atoms with Gasteiger partial charge in [-0.1, -0.05) is 35.1 Å². The summed E-state index contributed by atoms with van der Waals surface area (Å²) in [4.78, 5) is 17.7. The predicted molar refractivity (Wildman–Crippen MR) is 123 cm³/mol. The minimum atomic E-state index is -3.64. The van der Waals surface area contributed by atoms with E-state index >= 15 is 0 Å². The van der Waals surface area contributed by atoms with Gasteiger partial charge in [-0.25, -0.2) is 12.8 Å². The van der Waals surface area contributed by atoms with E-state index in [1.807, 2.05) is 0 Å². The topological polar surface area (TPSA) is 71.7 Å².